The van der Waals surface area contributed by atoms with Crippen LogP contribution in [0.4, 0.5) is 0 Å². The molecule has 0 bridgehead atoms. The summed E-state index contributed by atoms with van der Waals surface area (Å²) in [6.45, 7) is 0. The Morgan fingerprint density at radius 2 is 1.44 bits per heavy atom. The fourth-order valence-electron chi connectivity index (χ4n) is 0.313. The molecular weight excluding hydrogens is 132 g/mol. The molecule has 0 atom stereocenters. The smallest absolute Gasteiger partial charge is 0.0267 e. The summed E-state index contributed by atoms with van der Waals surface area (Å²) in [5.41, 5.74) is 0. The van der Waals surface area contributed by atoms with E-state index >= 15 is 0 Å². The summed E-state index contributed by atoms with van der Waals surface area (Å²) < 4.78 is 0. The van der Waals surface area contributed by atoms with Crippen LogP contribution in [-0.4, -0.2) is 10.9 Å². The van der Waals surface area contributed by atoms with Crippen LogP contribution in [0.15, 0.2) is 30.6 Å². The monoisotopic (exact) mass is 142 g/mol. The zero-order valence-corrected chi connectivity index (χ0v) is 5.97. The number of nitrogens with zero attached hydrogens (tertiary/aromatic N) is 1. The minimum atomic E-state index is 0. The van der Waals surface area contributed by atoms with Crippen LogP contribution in [0, 0.1) is 0 Å². The molecule has 0 aliphatic heterocycles. The van der Waals surface area contributed by atoms with Gasteiger partial charge in [-0.25, -0.2) is 0 Å². The van der Waals surface area contributed by atoms with Crippen LogP contribution in [0.2, 0.25) is 0 Å². The van der Waals surface area contributed by atoms with Crippen molar-refractivity contribution < 1.29 is 0 Å². The first-order valence-corrected chi connectivity index (χ1v) is 2.72. The van der Waals surface area contributed by atoms with Gasteiger partial charge in [-0.1, -0.05) is 18.3 Å². The second kappa shape index (κ2) is 10.2. The molecule has 50 valence electrons. The van der Waals surface area contributed by atoms with E-state index in [0.717, 1.165) is 0 Å². The van der Waals surface area contributed by atoms with Gasteiger partial charge in [-0.2, -0.15) is 0 Å². The lowest BCUT2D eigenvalue weighted by Gasteiger charge is -1.70. The molecular formula is C6H10N2S. The van der Waals surface area contributed by atoms with E-state index in [9.17, 15) is 0 Å². The van der Waals surface area contributed by atoms with E-state index in [1.807, 2.05) is 18.2 Å². The van der Waals surface area contributed by atoms with E-state index < -0.39 is 0 Å². The Balaban J connectivity index is 0. The fourth-order valence-corrected chi connectivity index (χ4v) is 0.313. The molecule has 1 rings (SSSR count). The SMILES string of the molecule is C=S.N.c1ccncc1. The van der Waals surface area contributed by atoms with Gasteiger partial charge in [-0.05, 0) is 18.0 Å². The molecule has 0 saturated carbocycles. The van der Waals surface area contributed by atoms with Crippen LogP contribution in [0.1, 0.15) is 0 Å². The molecule has 2 nitrogen and oxygen atoms in total. The molecule has 0 radical (unpaired) electrons. The Kier molecular flexibility index (Phi) is 12.6. The van der Waals surface area contributed by atoms with E-state index in [4.69, 9.17) is 0 Å². The maximum Gasteiger partial charge on any atom is 0.0267 e. The molecule has 1 heterocycles. The summed E-state index contributed by atoms with van der Waals surface area (Å²) in [7, 11) is 0. The quantitative estimate of drug-likeness (QED) is 0.562. The highest BCUT2D eigenvalue weighted by atomic mass is 32.1. The molecule has 0 amide bonds. The highest BCUT2D eigenvalue weighted by molar-refractivity contribution is 7.77. The number of aromatic nitrogens is 1. The second-order valence-electron chi connectivity index (χ2n) is 1.02. The van der Waals surface area contributed by atoms with Crippen LogP contribution in [0.5, 0.6) is 0 Å². The van der Waals surface area contributed by atoms with E-state index in [1.54, 1.807) is 12.4 Å². The Bertz CT molecular complexity index is 93.9. The van der Waals surface area contributed by atoms with E-state index in [-0.39, 0.29) is 6.15 Å². The lowest BCUT2D eigenvalue weighted by atomic mass is 10.5. The second-order valence-corrected chi connectivity index (χ2v) is 1.02. The van der Waals surface area contributed by atoms with Crippen LogP contribution < -0.4 is 6.15 Å². The first-order chi connectivity index (χ1) is 4.00. The minimum absolute atomic E-state index is 0. The van der Waals surface area contributed by atoms with E-state index in [1.165, 1.54) is 0 Å². The van der Waals surface area contributed by atoms with Crippen LogP contribution in [0.25, 0.3) is 0 Å². The summed E-state index contributed by atoms with van der Waals surface area (Å²) >= 11 is 3.83. The zero-order chi connectivity index (χ0) is 6.24. The third-order valence-corrected chi connectivity index (χ3v) is 0.566. The average Bonchev–Trinajstić information content (AvgIpc) is 1.96. The fraction of sp³-hybridized carbons (Fsp3) is 0. The largest absolute Gasteiger partial charge is 0.344 e. The molecule has 3 N–H and O–H groups in total. The van der Waals surface area contributed by atoms with Gasteiger partial charge in [0.15, 0.2) is 0 Å². The molecule has 0 spiro atoms. The van der Waals surface area contributed by atoms with Gasteiger partial charge in [0.2, 0.25) is 0 Å². The molecule has 1 aromatic heterocycles. The summed E-state index contributed by atoms with van der Waals surface area (Å²) in [5.74, 6) is 2.83. The third kappa shape index (κ3) is 7.20. The molecule has 1 aromatic rings. The van der Waals surface area contributed by atoms with Gasteiger partial charge in [-0.3, -0.25) is 4.98 Å². The van der Waals surface area contributed by atoms with Crippen molar-refractivity contribution in [2.75, 3.05) is 0 Å². The van der Waals surface area contributed by atoms with Gasteiger partial charge in [0, 0.05) is 12.4 Å². The minimum Gasteiger partial charge on any atom is -0.344 e. The van der Waals surface area contributed by atoms with Crippen molar-refractivity contribution in [2.45, 2.75) is 0 Å². The van der Waals surface area contributed by atoms with Crippen molar-refractivity contribution in [1.82, 2.24) is 11.1 Å². The lowest BCUT2D eigenvalue weighted by molar-refractivity contribution is 1.33. The van der Waals surface area contributed by atoms with Gasteiger partial charge >= 0.3 is 0 Å². The summed E-state index contributed by atoms with van der Waals surface area (Å²) in [5, 5.41) is 0. The molecule has 0 unspecified atom stereocenters. The summed E-state index contributed by atoms with van der Waals surface area (Å²) in [6.07, 6.45) is 3.50. The Labute approximate surface area is 60.5 Å². The maximum atomic E-state index is 3.83. The molecule has 0 fully saturated rings. The van der Waals surface area contributed by atoms with Gasteiger partial charge in [0.1, 0.15) is 0 Å². The van der Waals surface area contributed by atoms with Crippen molar-refractivity contribution in [3.63, 3.8) is 0 Å². The molecule has 0 saturated heterocycles. The number of hydrogen-bond acceptors (Lipinski definition) is 3. The van der Waals surface area contributed by atoms with Crippen molar-refractivity contribution in [2.24, 2.45) is 0 Å². The Hall–Kier alpha value is -0.800. The predicted octanol–water partition coefficient (Wildman–Crippen LogP) is 1.86. The summed E-state index contributed by atoms with van der Waals surface area (Å²) in [6, 6.07) is 5.72. The number of rotatable bonds is 0. The Morgan fingerprint density at radius 3 is 1.56 bits per heavy atom. The van der Waals surface area contributed by atoms with Crippen molar-refractivity contribution in [3.05, 3.63) is 30.6 Å². The topological polar surface area (TPSA) is 47.9 Å². The maximum absolute atomic E-state index is 3.83. The normalized spacial score (nSPS) is 5.78. The first-order valence-electron chi connectivity index (χ1n) is 2.14. The highest BCUT2D eigenvalue weighted by Crippen LogP contribution is 1.73. The third-order valence-electron chi connectivity index (χ3n) is 0.566. The van der Waals surface area contributed by atoms with Gasteiger partial charge in [-0.15, -0.1) is 0 Å². The first kappa shape index (κ1) is 11.1. The lowest BCUT2D eigenvalue weighted by Crippen LogP contribution is -1.58. The van der Waals surface area contributed by atoms with Crippen molar-refractivity contribution >= 4 is 18.1 Å². The van der Waals surface area contributed by atoms with Gasteiger partial charge in [0.05, 0.1) is 0 Å². The van der Waals surface area contributed by atoms with Crippen molar-refractivity contribution in [1.29, 1.82) is 0 Å². The summed E-state index contributed by atoms with van der Waals surface area (Å²) in [4.78, 5) is 3.78. The number of pyridine rings is 1. The molecule has 0 aromatic carbocycles. The Morgan fingerprint density at radius 1 is 1.00 bits per heavy atom. The molecule has 0 aliphatic carbocycles. The highest BCUT2D eigenvalue weighted by Gasteiger charge is 1.58. The number of hydrogen-bond donors (Lipinski definition) is 1. The van der Waals surface area contributed by atoms with E-state index in [2.05, 4.69) is 23.1 Å². The van der Waals surface area contributed by atoms with Crippen molar-refractivity contribution in [3.8, 4) is 0 Å². The molecule has 0 aliphatic rings. The van der Waals surface area contributed by atoms with Gasteiger partial charge in [0.25, 0.3) is 0 Å². The van der Waals surface area contributed by atoms with E-state index in [0.29, 0.717) is 0 Å². The molecule has 3 heteroatoms. The average molecular weight is 142 g/mol. The standard InChI is InChI=1S/C5H5N.CH2S.H3N/c1-2-4-6-5-3-1;1-2;/h1-5H;1H2;1H3. The molecule has 9 heavy (non-hydrogen) atoms. The zero-order valence-electron chi connectivity index (χ0n) is 5.16. The van der Waals surface area contributed by atoms with Crippen LogP contribution in [-0.2, 0) is 0 Å². The predicted molar refractivity (Wildman–Crippen MR) is 44.0 cm³/mol. The van der Waals surface area contributed by atoms with Crippen LogP contribution >= 0.6 is 12.2 Å². The van der Waals surface area contributed by atoms with Gasteiger partial charge < -0.3 is 6.15 Å². The van der Waals surface area contributed by atoms with Crippen LogP contribution in [0.3, 0.4) is 0 Å². The number of thiocarbonyl (C=S) groups is 1.